The van der Waals surface area contributed by atoms with E-state index < -0.39 is 15.9 Å². The maximum atomic E-state index is 11.0. The summed E-state index contributed by atoms with van der Waals surface area (Å²) >= 11 is 1.73. The second-order valence-corrected chi connectivity index (χ2v) is 7.49. The second-order valence-electron chi connectivity index (χ2n) is 4.13. The smallest absolute Gasteiger partial charge is 0.243 e. The zero-order valence-electron chi connectivity index (χ0n) is 10.6. The Labute approximate surface area is 112 Å². The van der Waals surface area contributed by atoms with E-state index in [-0.39, 0.29) is 5.75 Å². The fourth-order valence-electron chi connectivity index (χ4n) is 1.25. The van der Waals surface area contributed by atoms with E-state index in [4.69, 9.17) is 10.3 Å². The zero-order chi connectivity index (χ0) is 13.6. The first-order valence-corrected chi connectivity index (χ1v) is 8.97. The lowest BCUT2D eigenvalue weighted by Crippen LogP contribution is -2.16. The van der Waals surface area contributed by atoms with Crippen molar-refractivity contribution in [2.24, 2.45) is 5.73 Å². The average molecular weight is 293 g/mol. The first kappa shape index (κ1) is 15.5. The van der Waals surface area contributed by atoms with Crippen LogP contribution in [0.25, 0.3) is 0 Å². The second kappa shape index (κ2) is 7.10. The molecule has 18 heavy (non-hydrogen) atoms. The molecule has 0 saturated heterocycles. The molecule has 1 aromatic rings. The van der Waals surface area contributed by atoms with E-state index in [9.17, 15) is 8.42 Å². The molecular weight excluding hydrogens is 274 g/mol. The van der Waals surface area contributed by atoms with Crippen LogP contribution in [-0.2, 0) is 15.6 Å². The van der Waals surface area contributed by atoms with Crippen LogP contribution in [0.2, 0.25) is 0 Å². The number of hydrogen-bond acceptors (Lipinski definition) is 7. The standard InChI is InChI=1S/C10H19N3O3S2/c1-3-5-17-7-9-12-10(16-13-9)8(11)4-6-18(2,14)15/h8H,3-7,11H2,1-2H3. The normalized spacial score (nSPS) is 13.7. The Hall–Kier alpha value is -0.600. The van der Waals surface area contributed by atoms with Gasteiger partial charge in [0.2, 0.25) is 5.89 Å². The molecule has 104 valence electrons. The van der Waals surface area contributed by atoms with Crippen molar-refractivity contribution in [3.63, 3.8) is 0 Å². The molecular formula is C10H19N3O3S2. The Bertz CT molecular complexity index is 459. The Kier molecular flexibility index (Phi) is 6.10. The zero-order valence-corrected chi connectivity index (χ0v) is 12.3. The third-order valence-electron chi connectivity index (χ3n) is 2.18. The summed E-state index contributed by atoms with van der Waals surface area (Å²) in [5.74, 6) is 2.68. The molecule has 1 heterocycles. The summed E-state index contributed by atoms with van der Waals surface area (Å²) in [6.45, 7) is 2.11. The van der Waals surface area contributed by atoms with Crippen molar-refractivity contribution in [3.05, 3.63) is 11.7 Å². The molecule has 0 aliphatic carbocycles. The van der Waals surface area contributed by atoms with Gasteiger partial charge in [-0.05, 0) is 18.6 Å². The van der Waals surface area contributed by atoms with Gasteiger partial charge in [-0.15, -0.1) is 0 Å². The summed E-state index contributed by atoms with van der Waals surface area (Å²) in [6.07, 6.45) is 2.58. The summed E-state index contributed by atoms with van der Waals surface area (Å²) in [5.41, 5.74) is 5.80. The van der Waals surface area contributed by atoms with E-state index in [1.807, 2.05) is 0 Å². The van der Waals surface area contributed by atoms with Gasteiger partial charge in [0.25, 0.3) is 0 Å². The van der Waals surface area contributed by atoms with Crippen LogP contribution in [0.4, 0.5) is 0 Å². The molecule has 0 fully saturated rings. The SMILES string of the molecule is CCCSCc1noc(C(N)CCS(C)(=O)=O)n1. The minimum Gasteiger partial charge on any atom is -0.338 e. The lowest BCUT2D eigenvalue weighted by Gasteiger charge is -2.04. The fraction of sp³-hybridized carbons (Fsp3) is 0.800. The molecule has 0 aliphatic heterocycles. The van der Waals surface area contributed by atoms with E-state index in [0.717, 1.165) is 12.2 Å². The molecule has 1 rings (SSSR count). The Morgan fingerprint density at radius 2 is 2.22 bits per heavy atom. The molecule has 2 N–H and O–H groups in total. The maximum absolute atomic E-state index is 11.0. The molecule has 0 aliphatic rings. The van der Waals surface area contributed by atoms with E-state index in [1.54, 1.807) is 11.8 Å². The number of nitrogens with zero attached hydrogens (tertiary/aromatic N) is 2. The van der Waals surface area contributed by atoms with Crippen LogP contribution in [0.1, 0.15) is 37.5 Å². The highest BCUT2D eigenvalue weighted by atomic mass is 32.2. The topological polar surface area (TPSA) is 99.1 Å². The monoisotopic (exact) mass is 293 g/mol. The number of rotatable bonds is 8. The van der Waals surface area contributed by atoms with Crippen LogP contribution in [0, 0.1) is 0 Å². The highest BCUT2D eigenvalue weighted by Crippen LogP contribution is 2.15. The Morgan fingerprint density at radius 1 is 1.50 bits per heavy atom. The highest BCUT2D eigenvalue weighted by Gasteiger charge is 2.16. The molecule has 0 aromatic carbocycles. The molecule has 0 saturated carbocycles. The van der Waals surface area contributed by atoms with Gasteiger partial charge in [0.05, 0.1) is 17.5 Å². The van der Waals surface area contributed by atoms with Crippen molar-refractivity contribution < 1.29 is 12.9 Å². The molecule has 1 aromatic heterocycles. The summed E-state index contributed by atoms with van der Waals surface area (Å²) in [7, 11) is -3.01. The van der Waals surface area contributed by atoms with Crippen molar-refractivity contribution in [1.29, 1.82) is 0 Å². The first-order chi connectivity index (χ1) is 8.42. The molecule has 0 spiro atoms. The van der Waals surface area contributed by atoms with Gasteiger partial charge in [-0.2, -0.15) is 16.7 Å². The average Bonchev–Trinajstić information content (AvgIpc) is 2.74. The van der Waals surface area contributed by atoms with E-state index >= 15 is 0 Å². The maximum Gasteiger partial charge on any atom is 0.243 e. The Balaban J connectivity index is 2.46. The number of thioether (sulfide) groups is 1. The van der Waals surface area contributed by atoms with Crippen LogP contribution in [0.15, 0.2) is 4.52 Å². The predicted molar refractivity (Wildman–Crippen MR) is 72.0 cm³/mol. The van der Waals surface area contributed by atoms with Crippen molar-refractivity contribution in [2.45, 2.75) is 31.6 Å². The van der Waals surface area contributed by atoms with Crippen molar-refractivity contribution in [2.75, 3.05) is 17.8 Å². The third kappa shape index (κ3) is 5.83. The molecule has 0 radical (unpaired) electrons. The van der Waals surface area contributed by atoms with Gasteiger partial charge in [-0.3, -0.25) is 0 Å². The van der Waals surface area contributed by atoms with Gasteiger partial charge >= 0.3 is 0 Å². The van der Waals surface area contributed by atoms with Crippen molar-refractivity contribution >= 4 is 21.6 Å². The summed E-state index contributed by atoms with van der Waals surface area (Å²) in [6, 6.07) is -0.517. The van der Waals surface area contributed by atoms with Gasteiger partial charge in [0.1, 0.15) is 9.84 Å². The van der Waals surface area contributed by atoms with Crippen LogP contribution < -0.4 is 5.73 Å². The van der Waals surface area contributed by atoms with Gasteiger partial charge in [0, 0.05) is 6.26 Å². The molecule has 0 amide bonds. The van der Waals surface area contributed by atoms with Gasteiger partial charge < -0.3 is 10.3 Å². The third-order valence-corrected chi connectivity index (χ3v) is 4.32. The van der Waals surface area contributed by atoms with Crippen LogP contribution >= 0.6 is 11.8 Å². The minimum atomic E-state index is -3.01. The Morgan fingerprint density at radius 3 is 2.83 bits per heavy atom. The van der Waals surface area contributed by atoms with Gasteiger partial charge in [0.15, 0.2) is 5.82 Å². The van der Waals surface area contributed by atoms with E-state index in [1.165, 1.54) is 6.26 Å². The lowest BCUT2D eigenvalue weighted by atomic mass is 10.2. The minimum absolute atomic E-state index is 0.0243. The van der Waals surface area contributed by atoms with Crippen molar-refractivity contribution in [1.82, 2.24) is 10.1 Å². The van der Waals surface area contributed by atoms with E-state index in [2.05, 4.69) is 17.1 Å². The quantitative estimate of drug-likeness (QED) is 0.718. The number of nitrogens with two attached hydrogens (primary N) is 1. The van der Waals surface area contributed by atoms with E-state index in [0.29, 0.717) is 23.9 Å². The molecule has 8 heteroatoms. The van der Waals surface area contributed by atoms with Crippen LogP contribution in [-0.4, -0.2) is 36.3 Å². The van der Waals surface area contributed by atoms with Gasteiger partial charge in [-0.25, -0.2) is 8.42 Å². The molecule has 1 unspecified atom stereocenters. The summed E-state index contributed by atoms with van der Waals surface area (Å²) in [5, 5.41) is 3.82. The van der Waals surface area contributed by atoms with Gasteiger partial charge in [-0.1, -0.05) is 12.1 Å². The first-order valence-electron chi connectivity index (χ1n) is 5.76. The predicted octanol–water partition coefficient (Wildman–Crippen LogP) is 1.15. The molecule has 1 atom stereocenters. The van der Waals surface area contributed by atoms with Crippen LogP contribution in [0.5, 0.6) is 0 Å². The number of hydrogen-bond donors (Lipinski definition) is 1. The highest BCUT2D eigenvalue weighted by molar-refractivity contribution is 7.98. The molecule has 0 bridgehead atoms. The van der Waals surface area contributed by atoms with Crippen LogP contribution in [0.3, 0.4) is 0 Å². The summed E-state index contributed by atoms with van der Waals surface area (Å²) in [4.78, 5) is 4.16. The largest absolute Gasteiger partial charge is 0.338 e. The fourth-order valence-corrected chi connectivity index (χ4v) is 2.66. The summed E-state index contributed by atoms with van der Waals surface area (Å²) < 4.78 is 27.1. The number of aromatic nitrogens is 2. The lowest BCUT2D eigenvalue weighted by molar-refractivity contribution is 0.349. The number of sulfone groups is 1. The molecule has 6 nitrogen and oxygen atoms in total. The van der Waals surface area contributed by atoms with Crippen molar-refractivity contribution in [3.8, 4) is 0 Å².